The number of imide groups is 1. The molecular weight excluding hydrogens is 252 g/mol. The van der Waals surface area contributed by atoms with E-state index >= 15 is 0 Å². The highest BCUT2D eigenvalue weighted by atomic mass is 16.6. The van der Waals surface area contributed by atoms with E-state index in [1.807, 2.05) is 0 Å². The topological polar surface area (TPSA) is 93.7 Å². The molecule has 0 radical (unpaired) electrons. The number of nitrogens with one attached hydrogen (secondary N) is 2. The summed E-state index contributed by atoms with van der Waals surface area (Å²) in [6.07, 6.45) is -0.0524. The molecule has 0 spiro atoms. The molecule has 0 aliphatic carbocycles. The molecule has 0 aromatic rings. The summed E-state index contributed by atoms with van der Waals surface area (Å²) in [5.74, 6) is -0.398. The Labute approximate surface area is 112 Å². The first-order chi connectivity index (χ1) is 8.78. The number of rotatable bonds is 5. The summed E-state index contributed by atoms with van der Waals surface area (Å²) in [4.78, 5) is 33.2. The minimum atomic E-state index is -0.700. The SMILES string of the molecule is CC(C)(C)OC(=O)NCCCC[C@@H]1OC(=O)NC1=O. The fraction of sp³-hybridized carbons (Fsp3) is 0.750. The lowest BCUT2D eigenvalue weighted by atomic mass is 10.1. The molecule has 3 amide bonds. The van der Waals surface area contributed by atoms with Crippen LogP contribution in [0.5, 0.6) is 0 Å². The second kappa shape index (κ2) is 6.40. The van der Waals surface area contributed by atoms with Gasteiger partial charge in [-0.2, -0.15) is 0 Å². The van der Waals surface area contributed by atoms with Gasteiger partial charge in [-0.1, -0.05) is 0 Å². The summed E-state index contributed by atoms with van der Waals surface area (Å²) < 4.78 is 9.82. The molecule has 1 saturated heterocycles. The van der Waals surface area contributed by atoms with Gasteiger partial charge in [0.15, 0.2) is 6.10 Å². The summed E-state index contributed by atoms with van der Waals surface area (Å²) in [6, 6.07) is 0. The van der Waals surface area contributed by atoms with Crippen molar-refractivity contribution >= 4 is 18.1 Å². The van der Waals surface area contributed by atoms with Gasteiger partial charge in [-0.3, -0.25) is 10.1 Å². The Balaban J connectivity index is 2.07. The van der Waals surface area contributed by atoms with E-state index in [0.29, 0.717) is 25.8 Å². The van der Waals surface area contributed by atoms with Crippen LogP contribution in [0.1, 0.15) is 40.0 Å². The van der Waals surface area contributed by atoms with Crippen molar-refractivity contribution in [3.63, 3.8) is 0 Å². The molecule has 1 rings (SSSR count). The van der Waals surface area contributed by atoms with Crippen molar-refractivity contribution in [1.82, 2.24) is 10.6 Å². The fourth-order valence-electron chi connectivity index (χ4n) is 1.54. The highest BCUT2D eigenvalue weighted by Gasteiger charge is 2.31. The summed E-state index contributed by atoms with van der Waals surface area (Å²) in [7, 11) is 0. The Kier molecular flexibility index (Phi) is 5.14. The normalized spacial score (nSPS) is 18.8. The van der Waals surface area contributed by atoms with E-state index < -0.39 is 29.8 Å². The molecular formula is C12H20N2O5. The van der Waals surface area contributed by atoms with Crippen LogP contribution in [0.2, 0.25) is 0 Å². The lowest BCUT2D eigenvalue weighted by molar-refractivity contribution is -0.123. The molecule has 1 fully saturated rings. The zero-order valence-corrected chi connectivity index (χ0v) is 11.4. The van der Waals surface area contributed by atoms with Crippen molar-refractivity contribution in [2.75, 3.05) is 6.54 Å². The third kappa shape index (κ3) is 6.08. The number of cyclic esters (lactones) is 1. The summed E-state index contributed by atoms with van der Waals surface area (Å²) in [6.45, 7) is 5.83. The van der Waals surface area contributed by atoms with Crippen molar-refractivity contribution in [1.29, 1.82) is 0 Å². The predicted molar refractivity (Wildman–Crippen MR) is 66.5 cm³/mol. The zero-order chi connectivity index (χ0) is 14.5. The van der Waals surface area contributed by atoms with Gasteiger partial charge >= 0.3 is 12.2 Å². The van der Waals surface area contributed by atoms with Crippen LogP contribution in [0.25, 0.3) is 0 Å². The van der Waals surface area contributed by atoms with Gasteiger partial charge in [0.05, 0.1) is 0 Å². The summed E-state index contributed by atoms with van der Waals surface area (Å²) >= 11 is 0. The zero-order valence-electron chi connectivity index (χ0n) is 11.4. The number of ether oxygens (including phenoxy) is 2. The number of carbonyl (C=O) groups is 3. The van der Waals surface area contributed by atoms with Gasteiger partial charge in [0.2, 0.25) is 0 Å². The minimum Gasteiger partial charge on any atom is -0.444 e. The van der Waals surface area contributed by atoms with Gasteiger partial charge in [0, 0.05) is 6.54 Å². The summed E-state index contributed by atoms with van der Waals surface area (Å²) in [5, 5.41) is 4.68. The van der Waals surface area contributed by atoms with Crippen LogP contribution < -0.4 is 10.6 Å². The number of hydrogen-bond donors (Lipinski definition) is 2. The number of amides is 3. The summed E-state index contributed by atoms with van der Waals surface area (Å²) in [5.41, 5.74) is -0.514. The van der Waals surface area contributed by atoms with Gasteiger partial charge in [0.25, 0.3) is 5.91 Å². The molecule has 1 atom stereocenters. The Morgan fingerprint density at radius 1 is 1.37 bits per heavy atom. The molecule has 0 bridgehead atoms. The van der Waals surface area contributed by atoms with Crippen molar-refractivity contribution < 1.29 is 23.9 Å². The fourth-order valence-corrected chi connectivity index (χ4v) is 1.54. The van der Waals surface area contributed by atoms with E-state index in [2.05, 4.69) is 10.6 Å². The average Bonchev–Trinajstić information content (AvgIpc) is 2.54. The van der Waals surface area contributed by atoms with Crippen LogP contribution in [-0.4, -0.2) is 36.3 Å². The van der Waals surface area contributed by atoms with E-state index in [1.165, 1.54) is 0 Å². The second-order valence-corrected chi connectivity index (χ2v) is 5.31. The van der Waals surface area contributed by atoms with Crippen LogP contribution in [0.4, 0.5) is 9.59 Å². The number of alkyl carbamates (subject to hydrolysis) is 2. The van der Waals surface area contributed by atoms with E-state index in [1.54, 1.807) is 20.8 Å². The first-order valence-corrected chi connectivity index (χ1v) is 6.26. The predicted octanol–water partition coefficient (Wildman–Crippen LogP) is 1.32. The highest BCUT2D eigenvalue weighted by Crippen LogP contribution is 2.10. The molecule has 1 aliphatic heterocycles. The van der Waals surface area contributed by atoms with Gasteiger partial charge in [-0.25, -0.2) is 9.59 Å². The molecule has 19 heavy (non-hydrogen) atoms. The molecule has 2 N–H and O–H groups in total. The Morgan fingerprint density at radius 3 is 2.58 bits per heavy atom. The molecule has 7 nitrogen and oxygen atoms in total. The van der Waals surface area contributed by atoms with Gasteiger partial charge < -0.3 is 14.8 Å². The molecule has 0 aromatic heterocycles. The van der Waals surface area contributed by atoms with Crippen LogP contribution in [0.15, 0.2) is 0 Å². The molecule has 1 aliphatic rings. The van der Waals surface area contributed by atoms with E-state index in [9.17, 15) is 14.4 Å². The van der Waals surface area contributed by atoms with Crippen molar-refractivity contribution in [2.24, 2.45) is 0 Å². The maximum atomic E-state index is 11.3. The molecule has 0 unspecified atom stereocenters. The molecule has 1 heterocycles. The smallest absolute Gasteiger partial charge is 0.414 e. The van der Waals surface area contributed by atoms with Gasteiger partial charge in [0.1, 0.15) is 5.60 Å². The van der Waals surface area contributed by atoms with Crippen molar-refractivity contribution in [2.45, 2.75) is 51.7 Å². The Bertz CT molecular complexity index is 362. The highest BCUT2D eigenvalue weighted by molar-refractivity contribution is 5.99. The first-order valence-electron chi connectivity index (χ1n) is 6.26. The van der Waals surface area contributed by atoms with Crippen LogP contribution in [0, 0.1) is 0 Å². The third-order valence-electron chi connectivity index (χ3n) is 2.33. The van der Waals surface area contributed by atoms with Crippen LogP contribution in [0.3, 0.4) is 0 Å². The quantitative estimate of drug-likeness (QED) is 0.736. The number of unbranched alkanes of at least 4 members (excludes halogenated alkanes) is 1. The monoisotopic (exact) mass is 272 g/mol. The van der Waals surface area contributed by atoms with E-state index in [0.717, 1.165) is 0 Å². The minimum absolute atomic E-state index is 0.398. The molecule has 7 heteroatoms. The van der Waals surface area contributed by atoms with E-state index in [-0.39, 0.29) is 0 Å². The Hall–Kier alpha value is -1.79. The van der Waals surface area contributed by atoms with Crippen LogP contribution >= 0.6 is 0 Å². The van der Waals surface area contributed by atoms with Gasteiger partial charge in [-0.05, 0) is 40.0 Å². The maximum absolute atomic E-state index is 11.3. The van der Waals surface area contributed by atoms with Crippen molar-refractivity contribution in [3.05, 3.63) is 0 Å². The third-order valence-corrected chi connectivity index (χ3v) is 2.33. The second-order valence-electron chi connectivity index (χ2n) is 5.31. The Morgan fingerprint density at radius 2 is 2.05 bits per heavy atom. The average molecular weight is 272 g/mol. The molecule has 0 saturated carbocycles. The largest absolute Gasteiger partial charge is 0.444 e. The maximum Gasteiger partial charge on any atom is 0.414 e. The standard InChI is InChI=1S/C12H20N2O5/c1-12(2,3)19-10(16)13-7-5-4-6-8-9(15)14-11(17)18-8/h8H,4-7H2,1-3H3,(H,13,16)(H,14,15,17)/t8-/m0/s1. The van der Waals surface area contributed by atoms with Crippen molar-refractivity contribution in [3.8, 4) is 0 Å². The lowest BCUT2D eigenvalue weighted by Gasteiger charge is -2.19. The number of hydrogen-bond acceptors (Lipinski definition) is 5. The number of carbonyl (C=O) groups excluding carboxylic acids is 3. The first kappa shape index (κ1) is 15.3. The molecule has 108 valence electrons. The van der Waals surface area contributed by atoms with E-state index in [4.69, 9.17) is 9.47 Å². The molecule has 0 aromatic carbocycles. The van der Waals surface area contributed by atoms with Gasteiger partial charge in [-0.15, -0.1) is 0 Å². The van der Waals surface area contributed by atoms with Crippen LogP contribution in [-0.2, 0) is 14.3 Å². The lowest BCUT2D eigenvalue weighted by Crippen LogP contribution is -2.33.